The van der Waals surface area contributed by atoms with Gasteiger partial charge in [-0.1, -0.05) is 0 Å². The van der Waals surface area contributed by atoms with Crippen molar-refractivity contribution in [3.05, 3.63) is 0 Å². The van der Waals surface area contributed by atoms with Crippen molar-refractivity contribution >= 4 is 5.78 Å². The van der Waals surface area contributed by atoms with Gasteiger partial charge in [-0.2, -0.15) is 0 Å². The molecule has 6 heavy (non-hydrogen) atoms. The van der Waals surface area contributed by atoms with Crippen molar-refractivity contribution in [1.29, 1.82) is 0 Å². The summed E-state index contributed by atoms with van der Waals surface area (Å²) in [6.07, 6.45) is -2.13. The first-order valence-corrected chi connectivity index (χ1v) is 1.63. The molecule has 0 saturated heterocycles. The van der Waals surface area contributed by atoms with Gasteiger partial charge in [0.1, 0.15) is 12.2 Å². The zero-order chi connectivity index (χ0) is 4.73. The molecule has 0 aromatic heterocycles. The Balaban J connectivity index is 2.51. The minimum atomic E-state index is -1.06. The van der Waals surface area contributed by atoms with Gasteiger partial charge < -0.3 is 10.2 Å². The predicted molar refractivity (Wildman–Crippen MR) is 17.0 cm³/mol. The van der Waals surface area contributed by atoms with E-state index in [9.17, 15) is 4.79 Å². The highest BCUT2D eigenvalue weighted by molar-refractivity contribution is 6.04. The molecule has 1 saturated carbocycles. The molecule has 0 aliphatic heterocycles. The number of ketones is 1. The zero-order valence-corrected chi connectivity index (χ0v) is 2.96. The SMILES string of the molecule is O=C1C(O)C1O. The average Bonchev–Trinajstić information content (AvgIpc) is 1.94. The highest BCUT2D eigenvalue weighted by Gasteiger charge is 2.46. The van der Waals surface area contributed by atoms with Gasteiger partial charge in [0.2, 0.25) is 0 Å². The molecule has 0 spiro atoms. The Morgan fingerprint density at radius 2 is 1.50 bits per heavy atom. The lowest BCUT2D eigenvalue weighted by molar-refractivity contribution is -0.114. The quantitative estimate of drug-likeness (QED) is 0.370. The monoisotopic (exact) mass is 88.0 g/mol. The summed E-state index contributed by atoms with van der Waals surface area (Å²) < 4.78 is 0. The predicted octanol–water partition coefficient (Wildman–Crippen LogP) is -1.71. The number of Topliss-reactive ketones (excluding diaryl/α,β-unsaturated/α-hetero) is 1. The van der Waals surface area contributed by atoms with Gasteiger partial charge in [-0.3, -0.25) is 4.79 Å². The summed E-state index contributed by atoms with van der Waals surface area (Å²) in [6.45, 7) is 0. The topological polar surface area (TPSA) is 57.5 Å². The molecule has 0 heterocycles. The number of carbonyl (C=O) groups excluding carboxylic acids is 1. The first-order valence-electron chi connectivity index (χ1n) is 1.63. The highest BCUT2D eigenvalue weighted by Crippen LogP contribution is 2.13. The van der Waals surface area contributed by atoms with Crippen molar-refractivity contribution in [2.45, 2.75) is 12.2 Å². The summed E-state index contributed by atoms with van der Waals surface area (Å²) in [5.74, 6) is -0.463. The van der Waals surface area contributed by atoms with Crippen molar-refractivity contribution in [2.75, 3.05) is 0 Å². The van der Waals surface area contributed by atoms with E-state index in [0.29, 0.717) is 0 Å². The molecule has 1 aliphatic rings. The fourth-order valence-electron chi connectivity index (χ4n) is 0.214. The Morgan fingerprint density at radius 3 is 1.50 bits per heavy atom. The smallest absolute Gasteiger partial charge is 0.195 e. The summed E-state index contributed by atoms with van der Waals surface area (Å²) in [5, 5.41) is 16.2. The molecule has 34 valence electrons. The van der Waals surface area contributed by atoms with Crippen LogP contribution in [0.1, 0.15) is 0 Å². The minimum Gasteiger partial charge on any atom is -0.382 e. The summed E-state index contributed by atoms with van der Waals surface area (Å²) in [7, 11) is 0. The summed E-state index contributed by atoms with van der Waals surface area (Å²) in [6, 6.07) is 0. The molecule has 0 amide bonds. The van der Waals surface area contributed by atoms with E-state index in [4.69, 9.17) is 10.2 Å². The third-order valence-corrected chi connectivity index (χ3v) is 0.773. The Labute approximate surface area is 34.2 Å². The van der Waals surface area contributed by atoms with E-state index in [0.717, 1.165) is 0 Å². The molecule has 2 N–H and O–H groups in total. The number of rotatable bonds is 0. The summed E-state index contributed by atoms with van der Waals surface area (Å²) >= 11 is 0. The average molecular weight is 88.1 g/mol. The Hall–Kier alpha value is -0.410. The number of aliphatic hydroxyl groups excluding tert-OH is 2. The Bertz CT molecular complexity index is 78.0. The van der Waals surface area contributed by atoms with E-state index >= 15 is 0 Å². The molecule has 0 radical (unpaired) electrons. The molecule has 1 aliphatic carbocycles. The van der Waals surface area contributed by atoms with Crippen molar-refractivity contribution in [3.63, 3.8) is 0 Å². The second-order valence-electron chi connectivity index (χ2n) is 1.29. The molecule has 0 aromatic rings. The third-order valence-electron chi connectivity index (χ3n) is 0.773. The normalized spacial score (nSPS) is 43.3. The molecule has 3 heteroatoms. The van der Waals surface area contributed by atoms with Gasteiger partial charge in [0, 0.05) is 0 Å². The fourth-order valence-corrected chi connectivity index (χ4v) is 0.214. The molecular weight excluding hydrogens is 84.0 g/mol. The number of hydrogen-bond acceptors (Lipinski definition) is 3. The highest BCUT2D eigenvalue weighted by atomic mass is 16.4. The minimum absolute atomic E-state index is 0.463. The van der Waals surface area contributed by atoms with Crippen molar-refractivity contribution < 1.29 is 15.0 Å². The van der Waals surface area contributed by atoms with Crippen LogP contribution < -0.4 is 0 Å². The van der Waals surface area contributed by atoms with E-state index in [-0.39, 0.29) is 0 Å². The number of hydrogen-bond donors (Lipinski definition) is 2. The van der Waals surface area contributed by atoms with Crippen LogP contribution in [0, 0.1) is 0 Å². The summed E-state index contributed by atoms with van der Waals surface area (Å²) in [5.41, 5.74) is 0. The molecule has 3 nitrogen and oxygen atoms in total. The van der Waals surface area contributed by atoms with Crippen LogP contribution in [0.2, 0.25) is 0 Å². The van der Waals surface area contributed by atoms with Gasteiger partial charge in [0.15, 0.2) is 5.78 Å². The maximum absolute atomic E-state index is 9.72. The second-order valence-corrected chi connectivity index (χ2v) is 1.29. The summed E-state index contributed by atoms with van der Waals surface area (Å²) in [4.78, 5) is 9.72. The van der Waals surface area contributed by atoms with Crippen LogP contribution in [0.5, 0.6) is 0 Å². The van der Waals surface area contributed by atoms with Gasteiger partial charge in [-0.15, -0.1) is 0 Å². The van der Waals surface area contributed by atoms with E-state index in [1.54, 1.807) is 0 Å². The Morgan fingerprint density at radius 1 is 1.33 bits per heavy atom. The molecule has 0 aromatic carbocycles. The largest absolute Gasteiger partial charge is 0.382 e. The van der Waals surface area contributed by atoms with Gasteiger partial charge in [-0.05, 0) is 0 Å². The zero-order valence-electron chi connectivity index (χ0n) is 2.96. The van der Waals surface area contributed by atoms with Crippen LogP contribution in [0.3, 0.4) is 0 Å². The molecule has 2 atom stereocenters. The maximum Gasteiger partial charge on any atom is 0.195 e. The lowest BCUT2D eigenvalue weighted by atomic mass is 10.8. The lowest BCUT2D eigenvalue weighted by Gasteiger charge is -1.64. The van der Waals surface area contributed by atoms with Crippen molar-refractivity contribution in [3.8, 4) is 0 Å². The number of carbonyl (C=O) groups is 1. The van der Waals surface area contributed by atoms with Crippen LogP contribution in [-0.2, 0) is 4.79 Å². The molecule has 1 rings (SSSR count). The van der Waals surface area contributed by atoms with Gasteiger partial charge in [0.05, 0.1) is 0 Å². The molecule has 2 unspecified atom stereocenters. The van der Waals surface area contributed by atoms with E-state index in [1.807, 2.05) is 0 Å². The van der Waals surface area contributed by atoms with E-state index in [2.05, 4.69) is 0 Å². The third kappa shape index (κ3) is 0.262. The van der Waals surface area contributed by atoms with Crippen molar-refractivity contribution in [1.82, 2.24) is 0 Å². The fraction of sp³-hybridized carbons (Fsp3) is 0.667. The maximum atomic E-state index is 9.72. The van der Waals surface area contributed by atoms with E-state index in [1.165, 1.54) is 0 Å². The first kappa shape index (κ1) is 3.77. The van der Waals surface area contributed by atoms with Crippen LogP contribution in [0.15, 0.2) is 0 Å². The lowest BCUT2D eigenvalue weighted by Crippen LogP contribution is -1.85. The standard InChI is InChI=1S/C3H4O3/c4-1-2(5)3(1)6/h1-2,4-5H. The van der Waals surface area contributed by atoms with Crippen LogP contribution in [0.25, 0.3) is 0 Å². The first-order chi connectivity index (χ1) is 2.73. The number of aliphatic hydroxyl groups is 2. The van der Waals surface area contributed by atoms with Crippen LogP contribution in [-0.4, -0.2) is 28.2 Å². The van der Waals surface area contributed by atoms with Gasteiger partial charge >= 0.3 is 0 Å². The molecule has 0 bridgehead atoms. The van der Waals surface area contributed by atoms with Crippen LogP contribution >= 0.6 is 0 Å². The van der Waals surface area contributed by atoms with E-state index < -0.39 is 18.0 Å². The van der Waals surface area contributed by atoms with Gasteiger partial charge in [0.25, 0.3) is 0 Å². The molecular formula is C3H4O3. The molecule has 1 fully saturated rings. The van der Waals surface area contributed by atoms with Crippen LogP contribution in [0.4, 0.5) is 0 Å². The second kappa shape index (κ2) is 0.802. The van der Waals surface area contributed by atoms with Gasteiger partial charge in [-0.25, -0.2) is 0 Å². The van der Waals surface area contributed by atoms with Crippen molar-refractivity contribution in [2.24, 2.45) is 0 Å². The Kier molecular flexibility index (Phi) is 0.504.